The van der Waals surface area contributed by atoms with Gasteiger partial charge in [-0.15, -0.1) is 10.2 Å². The minimum atomic E-state index is -4.89. The molecule has 0 amide bonds. The van der Waals surface area contributed by atoms with Crippen molar-refractivity contribution in [3.63, 3.8) is 0 Å². The van der Waals surface area contributed by atoms with Gasteiger partial charge in [-0.2, -0.15) is 13.2 Å². The first-order valence-corrected chi connectivity index (χ1v) is 10.0. The molecule has 4 rings (SSSR count). The number of carboxylic acids is 1. The molecule has 0 bridgehead atoms. The van der Waals surface area contributed by atoms with E-state index in [4.69, 9.17) is 21.1 Å². The van der Waals surface area contributed by atoms with Crippen LogP contribution in [0, 0.1) is 0 Å². The minimum Gasteiger partial charge on any atom is -0.496 e. The minimum absolute atomic E-state index is 0.0120. The summed E-state index contributed by atoms with van der Waals surface area (Å²) in [4.78, 5) is 11.5. The summed E-state index contributed by atoms with van der Waals surface area (Å²) in [6.07, 6.45) is -11.8. The molecule has 7 nitrogen and oxygen atoms in total. The van der Waals surface area contributed by atoms with E-state index in [0.29, 0.717) is 0 Å². The third-order valence-electron chi connectivity index (χ3n) is 5.21. The normalized spacial score (nSPS) is 17.8. The molecule has 180 valence electrons. The van der Waals surface area contributed by atoms with Crippen LogP contribution in [0.2, 0.25) is 5.02 Å². The maximum atomic E-state index is 14.1. The molecule has 13 heteroatoms. The lowest BCUT2D eigenvalue weighted by molar-refractivity contribution is -0.144. The Balaban J connectivity index is 2.05. The molecule has 2 aromatic carbocycles. The molecule has 2 atom stereocenters. The average molecular weight is 504 g/mol. The Morgan fingerprint density at radius 3 is 2.59 bits per heavy atom. The second kappa shape index (κ2) is 8.84. The van der Waals surface area contributed by atoms with Crippen LogP contribution in [0.5, 0.6) is 5.75 Å². The van der Waals surface area contributed by atoms with Crippen molar-refractivity contribution in [3.8, 4) is 11.4 Å². The van der Waals surface area contributed by atoms with Crippen LogP contribution in [-0.4, -0.2) is 33.0 Å². The highest BCUT2D eigenvalue weighted by Crippen LogP contribution is 2.48. The summed E-state index contributed by atoms with van der Waals surface area (Å²) in [7, 11) is 1.07. The summed E-state index contributed by atoms with van der Waals surface area (Å²) in [5, 5.41) is 16.6. The number of fused-ring (bicyclic) bond motifs is 3. The number of methoxy groups -OCH3 is 1. The number of alkyl halides is 5. The standard InChI is InChI=1S/C21H15ClF5N3O4/c1-33-13-4-2-3-10(16(13)21(25,26)27)17-11-7-9(22)5-6-12(11)30-19(14(34-17)8-15(31)32)28-29-20(30)18(23)24/h2-7,14,17-18H,8H2,1H3,(H,31,32)/t14-,17-/m1/s1. The number of carboxylic acid groups (broad SMARTS) is 1. The molecule has 0 fully saturated rings. The molecule has 2 heterocycles. The largest absolute Gasteiger partial charge is 0.496 e. The van der Waals surface area contributed by atoms with Gasteiger partial charge in [-0.25, -0.2) is 8.78 Å². The third-order valence-corrected chi connectivity index (χ3v) is 5.45. The maximum Gasteiger partial charge on any atom is 0.420 e. The van der Waals surface area contributed by atoms with Crippen LogP contribution in [0.25, 0.3) is 5.69 Å². The smallest absolute Gasteiger partial charge is 0.420 e. The molecule has 1 aromatic heterocycles. The fourth-order valence-corrected chi connectivity index (χ4v) is 4.10. The molecule has 1 aliphatic rings. The van der Waals surface area contributed by atoms with Crippen LogP contribution in [0.15, 0.2) is 36.4 Å². The first-order valence-electron chi connectivity index (χ1n) is 9.67. The number of aromatic nitrogens is 3. The summed E-state index contributed by atoms with van der Waals surface area (Å²) >= 11 is 6.11. The van der Waals surface area contributed by atoms with E-state index in [9.17, 15) is 31.9 Å². The third kappa shape index (κ3) is 4.18. The van der Waals surface area contributed by atoms with Gasteiger partial charge in [0.2, 0.25) is 5.82 Å². The first-order chi connectivity index (χ1) is 16.0. The second-order valence-electron chi connectivity index (χ2n) is 7.28. The highest BCUT2D eigenvalue weighted by molar-refractivity contribution is 6.30. The summed E-state index contributed by atoms with van der Waals surface area (Å²) in [6.45, 7) is 0. The molecule has 0 aliphatic carbocycles. The van der Waals surface area contributed by atoms with Crippen molar-refractivity contribution in [1.29, 1.82) is 0 Å². The number of nitrogens with zero attached hydrogens (tertiary/aromatic N) is 3. The molecule has 1 N–H and O–H groups in total. The molecule has 3 aromatic rings. The Labute approximate surface area is 193 Å². The lowest BCUT2D eigenvalue weighted by Crippen LogP contribution is -2.19. The van der Waals surface area contributed by atoms with E-state index in [0.717, 1.165) is 23.8 Å². The predicted octanol–water partition coefficient (Wildman–Crippen LogP) is 5.52. The monoisotopic (exact) mass is 503 g/mol. The number of ether oxygens (including phenoxy) is 2. The van der Waals surface area contributed by atoms with Crippen molar-refractivity contribution in [2.75, 3.05) is 7.11 Å². The predicted molar refractivity (Wildman–Crippen MR) is 107 cm³/mol. The van der Waals surface area contributed by atoms with Crippen molar-refractivity contribution < 1.29 is 41.3 Å². The van der Waals surface area contributed by atoms with Crippen LogP contribution in [0.4, 0.5) is 22.0 Å². The summed E-state index contributed by atoms with van der Waals surface area (Å²) in [5.41, 5.74) is -1.60. The molecule has 0 radical (unpaired) electrons. The van der Waals surface area contributed by atoms with Crippen molar-refractivity contribution in [3.05, 3.63) is 69.8 Å². The zero-order chi connectivity index (χ0) is 24.8. The van der Waals surface area contributed by atoms with Gasteiger partial charge in [-0.3, -0.25) is 9.36 Å². The quantitative estimate of drug-likeness (QED) is 0.461. The fourth-order valence-electron chi connectivity index (χ4n) is 3.92. The Bertz CT molecular complexity index is 1250. The molecular weight excluding hydrogens is 489 g/mol. The highest BCUT2D eigenvalue weighted by Gasteiger charge is 2.43. The second-order valence-corrected chi connectivity index (χ2v) is 7.72. The van der Waals surface area contributed by atoms with E-state index in [-0.39, 0.29) is 22.1 Å². The van der Waals surface area contributed by atoms with Crippen LogP contribution < -0.4 is 4.74 Å². The van der Waals surface area contributed by atoms with Crippen molar-refractivity contribution >= 4 is 17.6 Å². The van der Waals surface area contributed by atoms with Crippen molar-refractivity contribution in [2.45, 2.75) is 31.2 Å². The van der Waals surface area contributed by atoms with Crippen molar-refractivity contribution in [1.82, 2.24) is 14.8 Å². The molecule has 0 unspecified atom stereocenters. The topological polar surface area (TPSA) is 86.5 Å². The summed E-state index contributed by atoms with van der Waals surface area (Å²) < 4.78 is 81.5. The number of benzene rings is 2. The van der Waals surface area contributed by atoms with Crippen LogP contribution >= 0.6 is 11.6 Å². The Hall–Kier alpha value is -3.25. The number of carbonyl (C=O) groups is 1. The molecule has 34 heavy (non-hydrogen) atoms. The van der Waals surface area contributed by atoms with Crippen molar-refractivity contribution in [2.24, 2.45) is 0 Å². The van der Waals surface area contributed by atoms with Gasteiger partial charge in [0.1, 0.15) is 23.5 Å². The van der Waals surface area contributed by atoms with E-state index in [2.05, 4.69) is 10.2 Å². The number of rotatable bonds is 5. The van der Waals surface area contributed by atoms with Gasteiger partial charge in [0, 0.05) is 16.1 Å². The lowest BCUT2D eigenvalue weighted by Gasteiger charge is -2.26. The zero-order valence-corrected chi connectivity index (χ0v) is 17.9. The molecule has 0 saturated heterocycles. The van der Waals surface area contributed by atoms with Gasteiger partial charge in [0.05, 0.1) is 19.2 Å². The highest BCUT2D eigenvalue weighted by atomic mass is 35.5. The lowest BCUT2D eigenvalue weighted by atomic mass is 9.94. The van der Waals surface area contributed by atoms with Gasteiger partial charge < -0.3 is 14.6 Å². The summed E-state index contributed by atoms with van der Waals surface area (Å²) in [6, 6.07) is 7.48. The van der Waals surface area contributed by atoms with Crippen LogP contribution in [0.1, 0.15) is 53.4 Å². The molecular formula is C21H15ClF5N3O4. The Morgan fingerprint density at radius 1 is 1.24 bits per heavy atom. The van der Waals surface area contributed by atoms with E-state index in [1.807, 2.05) is 0 Å². The maximum absolute atomic E-state index is 14.1. The number of hydrogen-bond acceptors (Lipinski definition) is 5. The van der Waals surface area contributed by atoms with E-state index in [1.165, 1.54) is 24.3 Å². The summed E-state index contributed by atoms with van der Waals surface area (Å²) in [5.74, 6) is -2.99. The Morgan fingerprint density at radius 2 is 1.97 bits per heavy atom. The van der Waals surface area contributed by atoms with Gasteiger partial charge >= 0.3 is 12.1 Å². The van der Waals surface area contributed by atoms with Crippen LogP contribution in [0.3, 0.4) is 0 Å². The number of halogens is 6. The van der Waals surface area contributed by atoms with E-state index < -0.39 is 59.9 Å². The van der Waals surface area contributed by atoms with E-state index in [1.54, 1.807) is 0 Å². The molecule has 1 aliphatic heterocycles. The average Bonchev–Trinajstić information content (AvgIpc) is 3.15. The van der Waals surface area contributed by atoms with E-state index >= 15 is 0 Å². The van der Waals surface area contributed by atoms with Gasteiger partial charge in [0.15, 0.2) is 5.82 Å². The zero-order valence-electron chi connectivity index (χ0n) is 17.2. The van der Waals surface area contributed by atoms with Gasteiger partial charge in [-0.1, -0.05) is 23.7 Å². The van der Waals surface area contributed by atoms with Crippen LogP contribution in [-0.2, 0) is 15.7 Å². The number of hydrogen-bond donors (Lipinski definition) is 1. The molecule has 0 spiro atoms. The first kappa shape index (κ1) is 23.9. The molecule has 0 saturated carbocycles. The fraction of sp³-hybridized carbons (Fsp3) is 0.286. The Kier molecular flexibility index (Phi) is 6.21. The van der Waals surface area contributed by atoms with Gasteiger partial charge in [-0.05, 0) is 24.3 Å². The SMILES string of the molecule is COc1cccc([C@H]2O[C@H](CC(=O)O)c3nnc(C(F)F)n3-c3ccc(Cl)cc32)c1C(F)(F)F. The number of aliphatic carboxylic acids is 1. The van der Waals surface area contributed by atoms with Gasteiger partial charge in [0.25, 0.3) is 6.43 Å².